The van der Waals surface area contributed by atoms with E-state index in [0.717, 1.165) is 31.9 Å². The number of nitrogens with zero attached hydrogens (tertiary/aromatic N) is 2. The topological polar surface area (TPSA) is 24.9 Å². The van der Waals surface area contributed by atoms with Crippen LogP contribution in [0.3, 0.4) is 0 Å². The highest BCUT2D eigenvalue weighted by Gasteiger charge is 2.27. The van der Waals surface area contributed by atoms with Crippen molar-refractivity contribution in [2.45, 2.75) is 6.18 Å². The lowest BCUT2D eigenvalue weighted by Crippen LogP contribution is -2.44. The molecule has 0 amide bonds. The van der Waals surface area contributed by atoms with Gasteiger partial charge in [-0.05, 0) is 31.3 Å². The number of hydrogen-bond acceptors (Lipinski definition) is 4. The number of piperazine rings is 1. The summed E-state index contributed by atoms with van der Waals surface area (Å²) in [6.07, 6.45) is -4.29. The molecule has 0 atom stereocenters. The van der Waals surface area contributed by atoms with E-state index in [9.17, 15) is 13.2 Å². The number of alkyl halides is 3. The van der Waals surface area contributed by atoms with Crippen molar-refractivity contribution >= 4 is 5.69 Å². The SMILES string of the molecule is CN1CCN(c2ccc(OCCOCC(F)(F)F)cc2)CC1. The number of halogens is 3. The number of likely N-dealkylation sites (N-methyl/N-ethyl adjacent to an activating group) is 1. The van der Waals surface area contributed by atoms with Crippen LogP contribution in [0.15, 0.2) is 24.3 Å². The zero-order valence-corrected chi connectivity index (χ0v) is 12.6. The minimum Gasteiger partial charge on any atom is -0.491 e. The predicted octanol–water partition coefficient (Wildman–Crippen LogP) is 2.40. The van der Waals surface area contributed by atoms with E-state index in [-0.39, 0.29) is 13.2 Å². The van der Waals surface area contributed by atoms with Crippen molar-refractivity contribution in [2.24, 2.45) is 0 Å². The van der Waals surface area contributed by atoms with Gasteiger partial charge in [-0.2, -0.15) is 13.2 Å². The Morgan fingerprint density at radius 1 is 1.00 bits per heavy atom. The summed E-state index contributed by atoms with van der Waals surface area (Å²) in [6, 6.07) is 7.60. The highest BCUT2D eigenvalue weighted by Crippen LogP contribution is 2.20. The van der Waals surface area contributed by atoms with Gasteiger partial charge in [0.2, 0.25) is 0 Å². The molecule has 4 nitrogen and oxygen atoms in total. The summed E-state index contributed by atoms with van der Waals surface area (Å²) in [5, 5.41) is 0. The summed E-state index contributed by atoms with van der Waals surface area (Å²) in [5.41, 5.74) is 1.13. The molecule has 0 unspecified atom stereocenters. The summed E-state index contributed by atoms with van der Waals surface area (Å²) in [4.78, 5) is 4.59. The molecule has 22 heavy (non-hydrogen) atoms. The lowest BCUT2D eigenvalue weighted by Gasteiger charge is -2.34. The first-order chi connectivity index (χ1) is 10.4. The summed E-state index contributed by atoms with van der Waals surface area (Å²) in [6.45, 7) is 2.83. The molecule has 1 aliphatic rings. The Bertz CT molecular complexity index is 443. The number of ether oxygens (including phenoxy) is 2. The molecule has 1 aliphatic heterocycles. The summed E-state index contributed by atoms with van der Waals surface area (Å²) < 4.78 is 45.5. The van der Waals surface area contributed by atoms with Gasteiger partial charge in [-0.1, -0.05) is 0 Å². The monoisotopic (exact) mass is 318 g/mol. The van der Waals surface area contributed by atoms with Gasteiger partial charge < -0.3 is 19.3 Å². The Morgan fingerprint density at radius 3 is 2.23 bits per heavy atom. The van der Waals surface area contributed by atoms with Crippen LogP contribution in [0.25, 0.3) is 0 Å². The third-order valence-corrected chi connectivity index (χ3v) is 3.47. The minimum absolute atomic E-state index is 0.0836. The van der Waals surface area contributed by atoms with Crippen LogP contribution in [0.1, 0.15) is 0 Å². The van der Waals surface area contributed by atoms with Gasteiger partial charge in [0.15, 0.2) is 0 Å². The molecule has 1 fully saturated rings. The molecule has 0 aliphatic carbocycles. The molecule has 1 heterocycles. The number of benzene rings is 1. The summed E-state index contributed by atoms with van der Waals surface area (Å²) in [7, 11) is 2.11. The molecule has 2 rings (SSSR count). The van der Waals surface area contributed by atoms with Crippen LogP contribution in [0.2, 0.25) is 0 Å². The van der Waals surface area contributed by atoms with Crippen LogP contribution in [-0.4, -0.2) is 64.1 Å². The lowest BCUT2D eigenvalue weighted by atomic mass is 10.2. The predicted molar refractivity (Wildman–Crippen MR) is 78.5 cm³/mol. The number of anilines is 1. The Kier molecular flexibility index (Phi) is 5.90. The third-order valence-electron chi connectivity index (χ3n) is 3.47. The standard InChI is InChI=1S/C15H21F3N2O2/c1-19-6-8-20(9-7-19)13-2-4-14(5-3-13)22-11-10-21-12-15(16,17)18/h2-5H,6-12H2,1H3. The van der Waals surface area contributed by atoms with Crippen molar-refractivity contribution in [1.82, 2.24) is 4.90 Å². The van der Waals surface area contributed by atoms with Gasteiger partial charge in [0.1, 0.15) is 19.0 Å². The fraction of sp³-hybridized carbons (Fsp3) is 0.600. The van der Waals surface area contributed by atoms with Crippen LogP contribution in [0, 0.1) is 0 Å². The fourth-order valence-corrected chi connectivity index (χ4v) is 2.22. The van der Waals surface area contributed by atoms with Gasteiger partial charge >= 0.3 is 6.18 Å². The second kappa shape index (κ2) is 7.69. The molecule has 1 aromatic carbocycles. The Labute approximate surface area is 128 Å². The molecule has 0 N–H and O–H groups in total. The van der Waals surface area contributed by atoms with Gasteiger partial charge in [-0.3, -0.25) is 0 Å². The van der Waals surface area contributed by atoms with Crippen molar-refractivity contribution in [2.75, 3.05) is 57.9 Å². The smallest absolute Gasteiger partial charge is 0.411 e. The van der Waals surface area contributed by atoms with Crippen LogP contribution in [-0.2, 0) is 4.74 Å². The van der Waals surface area contributed by atoms with Crippen LogP contribution >= 0.6 is 0 Å². The molecule has 124 valence electrons. The second-order valence-corrected chi connectivity index (χ2v) is 5.30. The molecule has 0 radical (unpaired) electrons. The van der Waals surface area contributed by atoms with Crippen molar-refractivity contribution in [3.05, 3.63) is 24.3 Å². The Hall–Kier alpha value is -1.47. The molecular formula is C15H21F3N2O2. The van der Waals surface area contributed by atoms with E-state index < -0.39 is 12.8 Å². The van der Waals surface area contributed by atoms with E-state index in [0.29, 0.717) is 5.75 Å². The molecule has 1 saturated heterocycles. The quantitative estimate of drug-likeness (QED) is 0.752. The number of rotatable bonds is 6. The Balaban J connectivity index is 1.70. The van der Waals surface area contributed by atoms with E-state index in [1.165, 1.54) is 0 Å². The van der Waals surface area contributed by atoms with E-state index in [4.69, 9.17) is 4.74 Å². The summed E-state index contributed by atoms with van der Waals surface area (Å²) in [5.74, 6) is 0.633. The van der Waals surface area contributed by atoms with Crippen LogP contribution in [0.4, 0.5) is 18.9 Å². The minimum atomic E-state index is -4.29. The highest BCUT2D eigenvalue weighted by molar-refractivity contribution is 5.49. The molecule has 0 spiro atoms. The maximum absolute atomic E-state index is 11.9. The van der Waals surface area contributed by atoms with E-state index in [1.54, 1.807) is 0 Å². The average Bonchev–Trinajstić information content (AvgIpc) is 2.47. The van der Waals surface area contributed by atoms with E-state index in [1.807, 2.05) is 24.3 Å². The molecule has 0 aromatic heterocycles. The lowest BCUT2D eigenvalue weighted by molar-refractivity contribution is -0.175. The summed E-state index contributed by atoms with van der Waals surface area (Å²) >= 11 is 0. The molecular weight excluding hydrogens is 297 g/mol. The van der Waals surface area contributed by atoms with Crippen molar-refractivity contribution in [3.8, 4) is 5.75 Å². The molecule has 1 aromatic rings. The normalized spacial score (nSPS) is 16.8. The van der Waals surface area contributed by atoms with Gasteiger partial charge in [0.05, 0.1) is 6.61 Å². The average molecular weight is 318 g/mol. The third kappa shape index (κ3) is 5.73. The number of hydrogen-bond donors (Lipinski definition) is 0. The van der Waals surface area contributed by atoms with Crippen LogP contribution < -0.4 is 9.64 Å². The van der Waals surface area contributed by atoms with Crippen molar-refractivity contribution in [3.63, 3.8) is 0 Å². The van der Waals surface area contributed by atoms with Gasteiger partial charge in [0.25, 0.3) is 0 Å². The van der Waals surface area contributed by atoms with Crippen molar-refractivity contribution in [1.29, 1.82) is 0 Å². The first-order valence-corrected chi connectivity index (χ1v) is 7.25. The van der Waals surface area contributed by atoms with Gasteiger partial charge in [-0.25, -0.2) is 0 Å². The second-order valence-electron chi connectivity index (χ2n) is 5.30. The van der Waals surface area contributed by atoms with E-state index >= 15 is 0 Å². The Morgan fingerprint density at radius 2 is 1.64 bits per heavy atom. The fourth-order valence-electron chi connectivity index (χ4n) is 2.22. The zero-order valence-electron chi connectivity index (χ0n) is 12.6. The first-order valence-electron chi connectivity index (χ1n) is 7.25. The molecule has 0 bridgehead atoms. The van der Waals surface area contributed by atoms with Crippen molar-refractivity contribution < 1.29 is 22.6 Å². The highest BCUT2D eigenvalue weighted by atomic mass is 19.4. The zero-order chi connectivity index (χ0) is 16.0. The maximum Gasteiger partial charge on any atom is 0.411 e. The van der Waals surface area contributed by atoms with Crippen LogP contribution in [0.5, 0.6) is 5.75 Å². The van der Waals surface area contributed by atoms with Gasteiger partial charge in [0, 0.05) is 31.9 Å². The van der Waals surface area contributed by atoms with E-state index in [2.05, 4.69) is 21.6 Å². The largest absolute Gasteiger partial charge is 0.491 e. The first kappa shape index (κ1) is 16.9. The maximum atomic E-state index is 11.9. The molecule has 0 saturated carbocycles. The van der Waals surface area contributed by atoms with Gasteiger partial charge in [-0.15, -0.1) is 0 Å². The molecule has 7 heteroatoms.